The monoisotopic (exact) mass is 440 g/mol. The first-order chi connectivity index (χ1) is 14.8. The minimum Gasteiger partial charge on any atom is -0.495 e. The van der Waals surface area contributed by atoms with E-state index in [0.29, 0.717) is 22.8 Å². The number of nitrogens with one attached hydrogen (secondary N) is 1. The summed E-state index contributed by atoms with van der Waals surface area (Å²) in [4.78, 5) is 14.1. The molecule has 0 saturated heterocycles. The molecule has 1 aromatic heterocycles. The number of carbonyl (C=O) groups is 1. The number of sulfonamides is 1. The Morgan fingerprint density at radius 3 is 2.45 bits per heavy atom. The molecule has 0 aliphatic rings. The zero-order valence-corrected chi connectivity index (χ0v) is 18.3. The van der Waals surface area contributed by atoms with Gasteiger partial charge in [0.1, 0.15) is 11.5 Å². The molecule has 2 aromatic carbocycles. The SMILES string of the molecule is COc1ccccc1NS(=O)(=O)c1ccc(/C=C/C(=O)N(C)C(C)c2ccco2)cc1. The second-order valence-corrected chi connectivity index (χ2v) is 8.53. The van der Waals surface area contributed by atoms with Crippen molar-refractivity contribution in [1.29, 1.82) is 0 Å². The van der Waals surface area contributed by atoms with Crippen LogP contribution in [0.15, 0.2) is 82.3 Å². The van der Waals surface area contributed by atoms with E-state index in [4.69, 9.17) is 9.15 Å². The minimum absolute atomic E-state index is 0.102. The fraction of sp³-hybridized carbons (Fsp3) is 0.174. The fourth-order valence-electron chi connectivity index (χ4n) is 2.89. The summed E-state index contributed by atoms with van der Waals surface area (Å²) in [6, 6.07) is 16.4. The van der Waals surface area contributed by atoms with Crippen LogP contribution in [0.4, 0.5) is 5.69 Å². The lowest BCUT2D eigenvalue weighted by Gasteiger charge is -2.21. The van der Waals surface area contributed by atoms with Crippen LogP contribution >= 0.6 is 0 Å². The highest BCUT2D eigenvalue weighted by molar-refractivity contribution is 7.92. The number of carbonyl (C=O) groups excluding carboxylic acids is 1. The molecule has 0 aliphatic heterocycles. The van der Waals surface area contributed by atoms with Crippen LogP contribution in [0.1, 0.15) is 24.3 Å². The summed E-state index contributed by atoms with van der Waals surface area (Å²) in [5.74, 6) is 0.928. The quantitative estimate of drug-likeness (QED) is 0.527. The number of para-hydroxylation sites is 2. The smallest absolute Gasteiger partial charge is 0.262 e. The van der Waals surface area contributed by atoms with E-state index in [1.807, 2.05) is 13.0 Å². The third-order valence-electron chi connectivity index (χ3n) is 4.84. The third kappa shape index (κ3) is 5.35. The average molecular weight is 441 g/mol. The maximum Gasteiger partial charge on any atom is 0.262 e. The molecule has 1 heterocycles. The molecule has 3 rings (SSSR count). The Kier molecular flexibility index (Phi) is 6.81. The number of rotatable bonds is 8. The molecule has 3 aromatic rings. The van der Waals surface area contributed by atoms with Crippen LogP contribution in [0.25, 0.3) is 6.08 Å². The van der Waals surface area contributed by atoms with E-state index in [1.165, 1.54) is 25.3 Å². The Labute approximate surface area is 182 Å². The largest absolute Gasteiger partial charge is 0.495 e. The third-order valence-corrected chi connectivity index (χ3v) is 6.22. The van der Waals surface area contributed by atoms with Crippen molar-refractivity contribution in [3.05, 3.63) is 84.3 Å². The van der Waals surface area contributed by atoms with Gasteiger partial charge in [-0.3, -0.25) is 9.52 Å². The molecular weight excluding hydrogens is 416 g/mol. The van der Waals surface area contributed by atoms with Gasteiger partial charge in [-0.15, -0.1) is 0 Å². The minimum atomic E-state index is -3.78. The van der Waals surface area contributed by atoms with Crippen molar-refractivity contribution < 1.29 is 22.4 Å². The first kappa shape index (κ1) is 22.2. The summed E-state index contributed by atoms with van der Waals surface area (Å²) in [6.45, 7) is 1.87. The predicted molar refractivity (Wildman–Crippen MR) is 119 cm³/mol. The summed E-state index contributed by atoms with van der Waals surface area (Å²) in [5, 5.41) is 0. The Bertz CT molecular complexity index is 1150. The number of nitrogens with zero attached hydrogens (tertiary/aromatic N) is 1. The Balaban J connectivity index is 1.68. The topological polar surface area (TPSA) is 88.8 Å². The van der Waals surface area contributed by atoms with E-state index in [2.05, 4.69) is 4.72 Å². The molecule has 1 amide bonds. The van der Waals surface area contributed by atoms with Crippen LogP contribution in [0.3, 0.4) is 0 Å². The highest BCUT2D eigenvalue weighted by Gasteiger charge is 2.18. The molecule has 31 heavy (non-hydrogen) atoms. The second-order valence-electron chi connectivity index (χ2n) is 6.85. The van der Waals surface area contributed by atoms with Crippen LogP contribution in [0.5, 0.6) is 5.75 Å². The van der Waals surface area contributed by atoms with Gasteiger partial charge in [0.05, 0.1) is 30.0 Å². The number of anilines is 1. The molecule has 8 heteroatoms. The highest BCUT2D eigenvalue weighted by atomic mass is 32.2. The summed E-state index contributed by atoms with van der Waals surface area (Å²) in [6.07, 6.45) is 4.64. The van der Waals surface area contributed by atoms with Gasteiger partial charge < -0.3 is 14.1 Å². The molecule has 162 valence electrons. The van der Waals surface area contributed by atoms with Gasteiger partial charge >= 0.3 is 0 Å². The van der Waals surface area contributed by atoms with Gasteiger partial charge in [0.25, 0.3) is 10.0 Å². The predicted octanol–water partition coefficient (Wildman–Crippen LogP) is 4.32. The van der Waals surface area contributed by atoms with Crippen molar-refractivity contribution in [2.24, 2.45) is 0 Å². The highest BCUT2D eigenvalue weighted by Crippen LogP contribution is 2.26. The summed E-state index contributed by atoms with van der Waals surface area (Å²) < 4.78 is 38.4. The van der Waals surface area contributed by atoms with Crippen LogP contribution in [-0.2, 0) is 14.8 Å². The van der Waals surface area contributed by atoms with E-state index in [1.54, 1.807) is 66.8 Å². The number of furan rings is 1. The van der Waals surface area contributed by atoms with Gasteiger partial charge in [-0.05, 0) is 55.0 Å². The molecule has 1 N–H and O–H groups in total. The van der Waals surface area contributed by atoms with Crippen LogP contribution in [0.2, 0.25) is 0 Å². The zero-order chi connectivity index (χ0) is 22.4. The lowest BCUT2D eigenvalue weighted by molar-refractivity contribution is -0.126. The molecular formula is C23H24N2O5S. The molecule has 0 aliphatic carbocycles. The number of methoxy groups -OCH3 is 1. The zero-order valence-electron chi connectivity index (χ0n) is 17.5. The Morgan fingerprint density at radius 2 is 1.81 bits per heavy atom. The summed E-state index contributed by atoms with van der Waals surface area (Å²) >= 11 is 0. The molecule has 1 unspecified atom stereocenters. The van der Waals surface area contributed by atoms with E-state index < -0.39 is 10.0 Å². The number of hydrogen-bond acceptors (Lipinski definition) is 5. The number of likely N-dealkylation sites (N-methyl/N-ethyl adjacent to an activating group) is 1. The Morgan fingerprint density at radius 1 is 1.10 bits per heavy atom. The maximum atomic E-state index is 12.7. The standard InChI is InChI=1S/C23H24N2O5S/c1-17(21-9-6-16-30-21)25(2)23(26)15-12-18-10-13-19(14-11-18)31(27,28)24-20-7-4-5-8-22(20)29-3/h4-17,24H,1-3H3/b15-12+. The molecule has 0 bridgehead atoms. The molecule has 1 atom stereocenters. The van der Waals surface area contributed by atoms with Gasteiger partial charge in [-0.1, -0.05) is 24.3 Å². The van der Waals surface area contributed by atoms with E-state index in [9.17, 15) is 13.2 Å². The van der Waals surface area contributed by atoms with Gasteiger partial charge in [-0.2, -0.15) is 0 Å². The molecule has 0 spiro atoms. The van der Waals surface area contributed by atoms with E-state index >= 15 is 0 Å². The molecule has 0 radical (unpaired) electrons. The van der Waals surface area contributed by atoms with Crippen molar-refractivity contribution in [1.82, 2.24) is 4.90 Å². The van der Waals surface area contributed by atoms with Gasteiger partial charge in [0.15, 0.2) is 0 Å². The molecule has 7 nitrogen and oxygen atoms in total. The van der Waals surface area contributed by atoms with Crippen LogP contribution in [0, 0.1) is 0 Å². The summed E-state index contributed by atoms with van der Waals surface area (Å²) in [7, 11) is -0.615. The number of hydrogen-bond donors (Lipinski definition) is 1. The number of amides is 1. The van der Waals surface area contributed by atoms with Crippen LogP contribution < -0.4 is 9.46 Å². The van der Waals surface area contributed by atoms with Crippen molar-refractivity contribution in [2.75, 3.05) is 18.9 Å². The fourth-order valence-corrected chi connectivity index (χ4v) is 3.96. The van der Waals surface area contributed by atoms with E-state index in [0.717, 1.165) is 0 Å². The van der Waals surface area contributed by atoms with Crippen LogP contribution in [-0.4, -0.2) is 33.4 Å². The van der Waals surface area contributed by atoms with Gasteiger partial charge in [-0.25, -0.2) is 8.42 Å². The van der Waals surface area contributed by atoms with Gasteiger partial charge in [0.2, 0.25) is 5.91 Å². The lowest BCUT2D eigenvalue weighted by atomic mass is 10.2. The average Bonchev–Trinajstić information content (AvgIpc) is 3.32. The normalized spacial score (nSPS) is 12.5. The molecule has 0 fully saturated rings. The second kappa shape index (κ2) is 9.53. The maximum absolute atomic E-state index is 12.7. The van der Waals surface area contributed by atoms with Crippen molar-refractivity contribution >= 4 is 27.7 Å². The Hall–Kier alpha value is -3.52. The first-order valence-electron chi connectivity index (χ1n) is 9.56. The number of benzene rings is 2. The lowest BCUT2D eigenvalue weighted by Crippen LogP contribution is -2.27. The first-order valence-corrected chi connectivity index (χ1v) is 11.0. The van der Waals surface area contributed by atoms with E-state index in [-0.39, 0.29) is 16.8 Å². The van der Waals surface area contributed by atoms with Gasteiger partial charge in [0, 0.05) is 13.1 Å². The van der Waals surface area contributed by atoms with Crippen molar-refractivity contribution in [3.63, 3.8) is 0 Å². The van der Waals surface area contributed by atoms with Crippen molar-refractivity contribution in [2.45, 2.75) is 17.9 Å². The number of ether oxygens (including phenoxy) is 1. The summed E-state index contributed by atoms with van der Waals surface area (Å²) in [5.41, 5.74) is 1.05. The van der Waals surface area contributed by atoms with Crippen molar-refractivity contribution in [3.8, 4) is 5.75 Å². The molecule has 0 saturated carbocycles.